The molecule has 0 aliphatic heterocycles. The first-order valence-corrected chi connectivity index (χ1v) is 8.04. The van der Waals surface area contributed by atoms with Crippen LogP contribution in [0.15, 0.2) is 77.3 Å². The molecule has 0 atom stereocenters. The van der Waals surface area contributed by atoms with E-state index in [0.29, 0.717) is 0 Å². The predicted octanol–water partition coefficient (Wildman–Crippen LogP) is 6.18. The van der Waals surface area contributed by atoms with Gasteiger partial charge in [-0.3, -0.25) is 0 Å². The van der Waals surface area contributed by atoms with Gasteiger partial charge in [0.25, 0.3) is 0 Å². The van der Waals surface area contributed by atoms with E-state index in [2.05, 4.69) is 106 Å². The largest absolute Gasteiger partial charge is 0.316 e. The van der Waals surface area contributed by atoms with Gasteiger partial charge in [0.05, 0.1) is 11.0 Å². The van der Waals surface area contributed by atoms with Crippen LogP contribution in [0, 0.1) is 0 Å². The lowest BCUT2D eigenvalue weighted by Crippen LogP contribution is -1.85. The average Bonchev–Trinajstić information content (AvgIpc) is 2.89. The second-order valence-corrected chi connectivity index (χ2v) is 6.19. The lowest BCUT2D eigenvalue weighted by atomic mass is 10.2. The van der Waals surface area contributed by atoms with Gasteiger partial charge in [-0.2, -0.15) is 0 Å². The number of benzene rings is 3. The van der Waals surface area contributed by atoms with Crippen LogP contribution in [0.5, 0.6) is 0 Å². The topological polar surface area (TPSA) is 4.93 Å². The first-order valence-electron chi connectivity index (χ1n) is 7.24. The van der Waals surface area contributed by atoms with Gasteiger partial charge in [0.1, 0.15) is 0 Å². The minimum absolute atomic E-state index is 1.10. The van der Waals surface area contributed by atoms with Crippen molar-refractivity contribution in [3.63, 3.8) is 0 Å². The maximum atomic E-state index is 3.47. The maximum Gasteiger partial charge on any atom is 0.0534 e. The summed E-state index contributed by atoms with van der Waals surface area (Å²) >= 11 is 3.47. The Labute approximate surface area is 137 Å². The summed E-state index contributed by atoms with van der Waals surface area (Å²) in [5.41, 5.74) is 3.65. The van der Waals surface area contributed by atoms with E-state index in [9.17, 15) is 0 Å². The molecule has 1 nitrogen and oxygen atoms in total. The number of hydrogen-bond donors (Lipinski definition) is 0. The van der Waals surface area contributed by atoms with Crippen molar-refractivity contribution in [3.05, 3.63) is 82.8 Å². The van der Waals surface area contributed by atoms with Gasteiger partial charge in [-0.05, 0) is 35.9 Å². The van der Waals surface area contributed by atoms with E-state index in [1.807, 2.05) is 0 Å². The van der Waals surface area contributed by atoms with E-state index in [4.69, 9.17) is 0 Å². The Hall–Kier alpha value is -2.32. The molecule has 0 saturated heterocycles. The Morgan fingerprint density at radius 3 is 1.82 bits per heavy atom. The number of nitrogens with zero attached hydrogens (tertiary/aromatic N) is 1. The van der Waals surface area contributed by atoms with E-state index in [1.165, 1.54) is 27.4 Å². The fourth-order valence-corrected chi connectivity index (χ4v) is 3.11. The number of hydrogen-bond acceptors (Lipinski definition) is 0. The second-order valence-electron chi connectivity index (χ2n) is 5.27. The molecule has 106 valence electrons. The van der Waals surface area contributed by atoms with Crippen LogP contribution in [0.4, 0.5) is 0 Å². The zero-order chi connectivity index (χ0) is 14.9. The van der Waals surface area contributed by atoms with Crippen molar-refractivity contribution in [2.45, 2.75) is 0 Å². The quantitative estimate of drug-likeness (QED) is 0.407. The Morgan fingerprint density at radius 1 is 0.682 bits per heavy atom. The van der Waals surface area contributed by atoms with Crippen LogP contribution in [0.3, 0.4) is 0 Å². The standard InChI is InChI=1S/C20H14BrN/c21-16-11-9-15(10-12-16)13-14-22-19-7-3-1-5-17(19)18-6-2-4-8-20(18)22/h1-14H/b14-13+. The Kier molecular flexibility index (Phi) is 3.32. The number of halogens is 1. The third-order valence-corrected chi connectivity index (χ3v) is 4.43. The highest BCUT2D eigenvalue weighted by atomic mass is 79.9. The lowest BCUT2D eigenvalue weighted by molar-refractivity contribution is 1.30. The SMILES string of the molecule is Brc1ccc(/C=C/n2c3ccccc3c3ccccc32)cc1. The van der Waals surface area contributed by atoms with Gasteiger partial charge in [-0.1, -0.05) is 64.5 Å². The van der Waals surface area contributed by atoms with Gasteiger partial charge in [-0.25, -0.2) is 0 Å². The monoisotopic (exact) mass is 347 g/mol. The highest BCUT2D eigenvalue weighted by Gasteiger charge is 2.07. The van der Waals surface area contributed by atoms with E-state index >= 15 is 0 Å². The molecule has 0 amide bonds. The molecule has 2 heteroatoms. The molecular formula is C20H14BrN. The maximum absolute atomic E-state index is 3.47. The first-order chi connectivity index (χ1) is 10.8. The zero-order valence-corrected chi connectivity index (χ0v) is 13.5. The van der Waals surface area contributed by atoms with Gasteiger partial charge in [0.2, 0.25) is 0 Å². The summed E-state index contributed by atoms with van der Waals surface area (Å²) in [7, 11) is 0. The molecule has 3 aromatic carbocycles. The summed E-state index contributed by atoms with van der Waals surface area (Å²) in [5.74, 6) is 0. The molecule has 1 aromatic heterocycles. The van der Waals surface area contributed by atoms with Crippen LogP contribution < -0.4 is 0 Å². The van der Waals surface area contributed by atoms with E-state index in [0.717, 1.165) is 4.47 Å². The summed E-state index contributed by atoms with van der Waals surface area (Å²) in [6.45, 7) is 0. The van der Waals surface area contributed by atoms with Crippen molar-refractivity contribution in [1.82, 2.24) is 4.57 Å². The fraction of sp³-hybridized carbons (Fsp3) is 0. The number of fused-ring (bicyclic) bond motifs is 3. The molecule has 0 bridgehead atoms. The molecule has 4 rings (SSSR count). The Balaban J connectivity index is 1.91. The Morgan fingerprint density at radius 2 is 1.23 bits per heavy atom. The van der Waals surface area contributed by atoms with Gasteiger partial charge >= 0.3 is 0 Å². The Bertz CT molecular complexity index is 924. The minimum Gasteiger partial charge on any atom is -0.316 e. The molecule has 0 spiro atoms. The average molecular weight is 348 g/mol. The number of aromatic nitrogens is 1. The normalized spacial score (nSPS) is 11.7. The van der Waals surface area contributed by atoms with E-state index in [1.54, 1.807) is 0 Å². The molecule has 0 aliphatic rings. The van der Waals surface area contributed by atoms with Crippen LogP contribution in [0.1, 0.15) is 5.56 Å². The van der Waals surface area contributed by atoms with E-state index < -0.39 is 0 Å². The van der Waals surface area contributed by atoms with Gasteiger partial charge in [-0.15, -0.1) is 0 Å². The highest BCUT2D eigenvalue weighted by Crippen LogP contribution is 2.29. The molecule has 0 N–H and O–H groups in total. The van der Waals surface area contributed by atoms with Crippen molar-refractivity contribution < 1.29 is 0 Å². The number of rotatable bonds is 2. The van der Waals surface area contributed by atoms with Crippen LogP contribution in [0.2, 0.25) is 0 Å². The number of para-hydroxylation sites is 2. The molecule has 0 radical (unpaired) electrons. The van der Waals surface area contributed by atoms with Crippen molar-refractivity contribution in [3.8, 4) is 0 Å². The summed E-state index contributed by atoms with van der Waals surface area (Å²) < 4.78 is 3.36. The van der Waals surface area contributed by atoms with Crippen LogP contribution in [0.25, 0.3) is 34.1 Å². The minimum atomic E-state index is 1.10. The molecule has 0 saturated carbocycles. The van der Waals surface area contributed by atoms with E-state index in [-0.39, 0.29) is 0 Å². The molecule has 0 unspecified atom stereocenters. The predicted molar refractivity (Wildman–Crippen MR) is 98.8 cm³/mol. The van der Waals surface area contributed by atoms with Crippen molar-refractivity contribution in [2.75, 3.05) is 0 Å². The molecule has 0 aliphatic carbocycles. The molecular weight excluding hydrogens is 334 g/mol. The lowest BCUT2D eigenvalue weighted by Gasteiger charge is -2.00. The third kappa shape index (κ3) is 2.26. The first kappa shape index (κ1) is 13.4. The smallest absolute Gasteiger partial charge is 0.0534 e. The second kappa shape index (κ2) is 5.47. The zero-order valence-electron chi connectivity index (χ0n) is 11.9. The molecule has 4 aromatic rings. The van der Waals surface area contributed by atoms with Crippen LogP contribution in [-0.4, -0.2) is 4.57 Å². The third-order valence-electron chi connectivity index (χ3n) is 3.90. The molecule has 1 heterocycles. The van der Waals surface area contributed by atoms with Crippen molar-refractivity contribution in [1.29, 1.82) is 0 Å². The molecule has 0 fully saturated rings. The van der Waals surface area contributed by atoms with Gasteiger partial charge in [0.15, 0.2) is 0 Å². The summed E-state index contributed by atoms with van der Waals surface area (Å²) in [6, 6.07) is 25.4. The highest BCUT2D eigenvalue weighted by molar-refractivity contribution is 9.10. The summed E-state index contributed by atoms with van der Waals surface area (Å²) in [6.07, 6.45) is 4.29. The van der Waals surface area contributed by atoms with Crippen LogP contribution in [-0.2, 0) is 0 Å². The van der Waals surface area contributed by atoms with Crippen LogP contribution >= 0.6 is 15.9 Å². The fourth-order valence-electron chi connectivity index (χ4n) is 2.85. The summed E-state index contributed by atoms with van der Waals surface area (Å²) in [5, 5.41) is 2.58. The van der Waals surface area contributed by atoms with Crippen molar-refractivity contribution >= 4 is 50.0 Å². The van der Waals surface area contributed by atoms with Gasteiger partial charge in [0, 0.05) is 21.4 Å². The van der Waals surface area contributed by atoms with Gasteiger partial charge < -0.3 is 4.57 Å². The molecule has 22 heavy (non-hydrogen) atoms. The van der Waals surface area contributed by atoms with Crippen molar-refractivity contribution in [2.24, 2.45) is 0 Å². The summed E-state index contributed by atoms with van der Waals surface area (Å²) in [4.78, 5) is 0.